The van der Waals surface area contributed by atoms with Crippen molar-refractivity contribution in [1.82, 2.24) is 10.2 Å². The molecule has 0 radical (unpaired) electrons. The SMILES string of the molecule is CC1=CC2=C(CC1)NCC21CCN(CC2CCCCC2)CC1. The molecule has 4 aliphatic rings. The van der Waals surface area contributed by atoms with Crippen LogP contribution in [0.1, 0.15) is 64.7 Å². The number of piperidine rings is 1. The van der Waals surface area contributed by atoms with Crippen LogP contribution in [0.5, 0.6) is 0 Å². The van der Waals surface area contributed by atoms with Crippen molar-refractivity contribution in [3.05, 3.63) is 22.9 Å². The number of allylic oxidation sites excluding steroid dienone is 3. The number of rotatable bonds is 2. The summed E-state index contributed by atoms with van der Waals surface area (Å²) in [6.45, 7) is 7.54. The van der Waals surface area contributed by atoms with E-state index in [4.69, 9.17) is 0 Å². The number of likely N-dealkylation sites (tertiary alicyclic amines) is 1. The molecule has 0 bridgehead atoms. The van der Waals surface area contributed by atoms with Gasteiger partial charge in [0.15, 0.2) is 0 Å². The maximum atomic E-state index is 3.75. The van der Waals surface area contributed by atoms with E-state index in [0.29, 0.717) is 5.41 Å². The molecule has 2 aliphatic carbocycles. The summed E-state index contributed by atoms with van der Waals surface area (Å²) >= 11 is 0. The summed E-state index contributed by atoms with van der Waals surface area (Å²) in [5, 5.41) is 3.75. The lowest BCUT2D eigenvalue weighted by molar-refractivity contribution is 0.115. The van der Waals surface area contributed by atoms with Gasteiger partial charge in [0.25, 0.3) is 0 Å². The summed E-state index contributed by atoms with van der Waals surface area (Å²) in [6, 6.07) is 0. The molecule has 2 aliphatic heterocycles. The van der Waals surface area contributed by atoms with Crippen molar-refractivity contribution >= 4 is 0 Å². The van der Waals surface area contributed by atoms with Crippen molar-refractivity contribution in [2.24, 2.45) is 11.3 Å². The minimum Gasteiger partial charge on any atom is -0.387 e. The van der Waals surface area contributed by atoms with Crippen molar-refractivity contribution in [3.63, 3.8) is 0 Å². The molecule has 0 amide bonds. The second-order valence-corrected chi connectivity index (χ2v) is 8.32. The Bertz CT molecular complexity index is 474. The number of nitrogens with one attached hydrogen (secondary N) is 1. The van der Waals surface area contributed by atoms with Crippen LogP contribution in [0.25, 0.3) is 0 Å². The fraction of sp³-hybridized carbons (Fsp3) is 0.800. The van der Waals surface area contributed by atoms with Gasteiger partial charge >= 0.3 is 0 Å². The van der Waals surface area contributed by atoms with Gasteiger partial charge in [0.2, 0.25) is 0 Å². The quantitative estimate of drug-likeness (QED) is 0.820. The normalized spacial score (nSPS) is 29.4. The smallest absolute Gasteiger partial charge is 0.0242 e. The van der Waals surface area contributed by atoms with Crippen LogP contribution in [0.2, 0.25) is 0 Å². The van der Waals surface area contributed by atoms with Gasteiger partial charge in [0.05, 0.1) is 0 Å². The first kappa shape index (κ1) is 14.8. The Balaban J connectivity index is 1.38. The van der Waals surface area contributed by atoms with Gasteiger partial charge in [0, 0.05) is 24.2 Å². The minimum absolute atomic E-state index is 0.472. The molecule has 0 aromatic carbocycles. The first-order chi connectivity index (χ1) is 10.8. The lowest BCUT2D eigenvalue weighted by Gasteiger charge is -2.42. The van der Waals surface area contributed by atoms with Gasteiger partial charge in [-0.25, -0.2) is 0 Å². The molecule has 4 rings (SSSR count). The molecule has 22 heavy (non-hydrogen) atoms. The van der Waals surface area contributed by atoms with Gasteiger partial charge in [-0.05, 0) is 70.0 Å². The highest BCUT2D eigenvalue weighted by molar-refractivity contribution is 5.41. The predicted octanol–water partition coefficient (Wildman–Crippen LogP) is 4.25. The van der Waals surface area contributed by atoms with Crippen LogP contribution in [-0.4, -0.2) is 31.1 Å². The van der Waals surface area contributed by atoms with Crippen LogP contribution < -0.4 is 5.32 Å². The Hall–Kier alpha value is -0.760. The molecule has 2 fully saturated rings. The molecule has 1 saturated carbocycles. The Morgan fingerprint density at radius 1 is 1.14 bits per heavy atom. The highest BCUT2D eigenvalue weighted by atomic mass is 15.1. The van der Waals surface area contributed by atoms with Gasteiger partial charge in [-0.1, -0.05) is 30.9 Å². The van der Waals surface area contributed by atoms with Crippen LogP contribution in [0.3, 0.4) is 0 Å². The summed E-state index contributed by atoms with van der Waals surface area (Å²) in [6.07, 6.45) is 15.2. The average Bonchev–Trinajstić information content (AvgIpc) is 2.89. The Kier molecular flexibility index (Phi) is 4.06. The third kappa shape index (κ3) is 2.75. The third-order valence-electron chi connectivity index (χ3n) is 6.75. The molecule has 122 valence electrons. The first-order valence-electron chi connectivity index (χ1n) is 9.62. The van der Waals surface area contributed by atoms with E-state index < -0.39 is 0 Å². The average molecular weight is 300 g/mol. The largest absolute Gasteiger partial charge is 0.387 e. The standard InChI is InChI=1S/C20H32N2/c1-16-7-8-19-18(13-16)20(15-21-19)9-11-22(12-10-20)14-17-5-3-2-4-6-17/h13,17,21H,2-12,14-15H2,1H3. The van der Waals surface area contributed by atoms with Crippen LogP contribution in [-0.2, 0) is 0 Å². The van der Waals surface area contributed by atoms with Crippen molar-refractivity contribution in [2.45, 2.75) is 64.7 Å². The van der Waals surface area contributed by atoms with E-state index in [1.807, 2.05) is 0 Å². The van der Waals surface area contributed by atoms with Crippen LogP contribution >= 0.6 is 0 Å². The van der Waals surface area contributed by atoms with Crippen molar-refractivity contribution in [3.8, 4) is 0 Å². The summed E-state index contributed by atoms with van der Waals surface area (Å²) in [7, 11) is 0. The van der Waals surface area contributed by atoms with Gasteiger partial charge < -0.3 is 10.2 Å². The van der Waals surface area contributed by atoms with Gasteiger partial charge in [-0.15, -0.1) is 0 Å². The van der Waals surface area contributed by atoms with E-state index in [0.717, 1.165) is 5.92 Å². The molecular formula is C20H32N2. The second-order valence-electron chi connectivity index (χ2n) is 8.32. The molecule has 2 heterocycles. The monoisotopic (exact) mass is 300 g/mol. The van der Waals surface area contributed by atoms with E-state index in [9.17, 15) is 0 Å². The molecule has 1 N–H and O–H groups in total. The predicted molar refractivity (Wildman–Crippen MR) is 92.7 cm³/mol. The molecule has 2 nitrogen and oxygen atoms in total. The Morgan fingerprint density at radius 3 is 2.68 bits per heavy atom. The lowest BCUT2D eigenvalue weighted by atomic mass is 9.71. The topological polar surface area (TPSA) is 15.3 Å². The fourth-order valence-corrected chi connectivity index (χ4v) is 5.24. The Labute approximate surface area is 136 Å². The maximum Gasteiger partial charge on any atom is 0.0242 e. The van der Waals surface area contributed by atoms with E-state index in [-0.39, 0.29) is 0 Å². The molecule has 2 heteroatoms. The zero-order valence-electron chi connectivity index (χ0n) is 14.3. The molecule has 1 spiro atoms. The minimum atomic E-state index is 0.472. The van der Waals surface area contributed by atoms with Crippen molar-refractivity contribution in [2.75, 3.05) is 26.2 Å². The second kappa shape index (κ2) is 6.03. The highest BCUT2D eigenvalue weighted by Gasteiger charge is 2.43. The van der Waals surface area contributed by atoms with Crippen molar-refractivity contribution in [1.29, 1.82) is 0 Å². The Morgan fingerprint density at radius 2 is 1.91 bits per heavy atom. The summed E-state index contributed by atoms with van der Waals surface area (Å²) < 4.78 is 0. The molecule has 1 saturated heterocycles. The number of hydrogen-bond donors (Lipinski definition) is 1. The summed E-state index contributed by atoms with van der Waals surface area (Å²) in [5.74, 6) is 0.996. The van der Waals surface area contributed by atoms with Gasteiger partial charge in [-0.3, -0.25) is 0 Å². The number of nitrogens with zero attached hydrogens (tertiary/aromatic N) is 1. The first-order valence-corrected chi connectivity index (χ1v) is 9.62. The maximum absolute atomic E-state index is 3.75. The molecular weight excluding hydrogens is 268 g/mol. The van der Waals surface area contributed by atoms with E-state index in [1.54, 1.807) is 16.8 Å². The van der Waals surface area contributed by atoms with E-state index >= 15 is 0 Å². The van der Waals surface area contributed by atoms with E-state index in [1.165, 1.54) is 84.0 Å². The zero-order valence-corrected chi connectivity index (χ0v) is 14.3. The lowest BCUT2D eigenvalue weighted by Crippen LogP contribution is -2.44. The van der Waals surface area contributed by atoms with Crippen LogP contribution in [0.15, 0.2) is 22.9 Å². The molecule has 0 atom stereocenters. The van der Waals surface area contributed by atoms with Crippen molar-refractivity contribution < 1.29 is 0 Å². The molecule has 0 aromatic rings. The zero-order chi connectivity index (χ0) is 15.0. The van der Waals surface area contributed by atoms with Crippen LogP contribution in [0.4, 0.5) is 0 Å². The number of hydrogen-bond acceptors (Lipinski definition) is 2. The summed E-state index contributed by atoms with van der Waals surface area (Å²) in [4.78, 5) is 2.78. The third-order valence-corrected chi connectivity index (χ3v) is 6.75. The molecule has 0 unspecified atom stereocenters. The fourth-order valence-electron chi connectivity index (χ4n) is 5.24. The van der Waals surface area contributed by atoms with Crippen LogP contribution in [0, 0.1) is 11.3 Å². The van der Waals surface area contributed by atoms with E-state index in [2.05, 4.69) is 23.2 Å². The van der Waals surface area contributed by atoms with Gasteiger partial charge in [-0.2, -0.15) is 0 Å². The number of fused-ring (bicyclic) bond motifs is 1. The highest BCUT2D eigenvalue weighted by Crippen LogP contribution is 2.46. The summed E-state index contributed by atoms with van der Waals surface area (Å²) in [5.41, 5.74) is 5.33. The molecule has 0 aromatic heterocycles. The van der Waals surface area contributed by atoms with Gasteiger partial charge in [0.1, 0.15) is 0 Å².